The first-order valence-corrected chi connectivity index (χ1v) is 14.5. The summed E-state index contributed by atoms with van der Waals surface area (Å²) in [5.41, 5.74) is 3.85. The van der Waals surface area contributed by atoms with E-state index in [1.165, 1.54) is 50.0 Å². The predicted octanol–water partition coefficient (Wildman–Crippen LogP) is -1.02. The standard InChI is InChI=1S/C22H24N8O9S3/c1-37-11(38-2)6-29-18(34)16(32)26-27-22(29)40-5-4-9-7-41-19-13(17(33)30(19)14(9)20(35)36)25-15(31)12(28-39-3)10-8-42-21(23)24-10/h4-5,8,11,13,19H,6-7H2,1-3H3,(H2,23,24)(H,25,31)(H,26,32)(H,35,36)/b5-4+,28-12-. The molecule has 5 N–H and O–H groups in total. The lowest BCUT2D eigenvalue weighted by Crippen LogP contribution is -2.71. The van der Waals surface area contributed by atoms with Crippen LogP contribution in [0.1, 0.15) is 5.69 Å². The van der Waals surface area contributed by atoms with Gasteiger partial charge in [0.1, 0.15) is 29.9 Å². The van der Waals surface area contributed by atoms with Crippen molar-refractivity contribution in [2.45, 2.75) is 29.4 Å². The van der Waals surface area contributed by atoms with Gasteiger partial charge in [-0.1, -0.05) is 16.9 Å². The lowest BCUT2D eigenvalue weighted by Gasteiger charge is -2.49. The number of rotatable bonds is 12. The molecule has 4 heterocycles. The van der Waals surface area contributed by atoms with Crippen LogP contribution in [0, 0.1) is 0 Å². The minimum atomic E-state index is -1.34. The number of hydrogen-bond donors (Lipinski definition) is 4. The highest BCUT2D eigenvalue weighted by Crippen LogP contribution is 2.41. The number of ether oxygens (including phenoxy) is 2. The van der Waals surface area contributed by atoms with Crippen molar-refractivity contribution in [1.82, 2.24) is 30.0 Å². The number of carboxylic acid groups (broad SMARTS) is 1. The number of H-pyrrole nitrogens is 1. The highest BCUT2D eigenvalue weighted by molar-refractivity contribution is 8.02. The summed E-state index contributed by atoms with van der Waals surface area (Å²) in [6.45, 7) is -0.123. The molecule has 0 saturated carbocycles. The van der Waals surface area contributed by atoms with Crippen molar-refractivity contribution in [3.8, 4) is 0 Å². The van der Waals surface area contributed by atoms with Gasteiger partial charge in [-0.2, -0.15) is 0 Å². The van der Waals surface area contributed by atoms with Gasteiger partial charge in [0.25, 0.3) is 11.8 Å². The Morgan fingerprint density at radius 3 is 2.69 bits per heavy atom. The second-order valence-corrected chi connectivity index (χ2v) is 11.2. The summed E-state index contributed by atoms with van der Waals surface area (Å²) in [5.74, 6) is -2.54. The molecule has 0 aromatic carbocycles. The number of thiazole rings is 1. The Balaban J connectivity index is 1.52. The number of carboxylic acids is 1. The van der Waals surface area contributed by atoms with Crippen LogP contribution < -0.4 is 22.2 Å². The lowest BCUT2D eigenvalue weighted by atomic mass is 10.0. The summed E-state index contributed by atoms with van der Waals surface area (Å²) in [4.78, 5) is 72.2. The molecule has 2 aromatic heterocycles. The molecule has 1 fully saturated rings. The average molecular weight is 641 g/mol. The summed E-state index contributed by atoms with van der Waals surface area (Å²) in [6, 6.07) is -1.02. The maximum Gasteiger partial charge on any atom is 0.352 e. The minimum Gasteiger partial charge on any atom is -0.477 e. The quantitative estimate of drug-likeness (QED) is 0.0543. The smallest absolute Gasteiger partial charge is 0.352 e. The van der Waals surface area contributed by atoms with Gasteiger partial charge in [-0.3, -0.25) is 28.6 Å². The van der Waals surface area contributed by atoms with Crippen LogP contribution in [0.3, 0.4) is 0 Å². The maximum atomic E-state index is 13.0. The number of carbonyl (C=O) groups excluding carboxylic acids is 2. The molecule has 2 unspecified atom stereocenters. The Kier molecular flexibility index (Phi) is 9.83. The Hall–Kier alpha value is -3.98. The van der Waals surface area contributed by atoms with Crippen LogP contribution >= 0.6 is 34.9 Å². The van der Waals surface area contributed by atoms with Gasteiger partial charge in [-0.05, 0) is 17.1 Å². The Morgan fingerprint density at radius 1 is 1.33 bits per heavy atom. The van der Waals surface area contributed by atoms with Gasteiger partial charge in [0.15, 0.2) is 22.3 Å². The number of nitrogens with one attached hydrogen (secondary N) is 2. The van der Waals surface area contributed by atoms with Crippen molar-refractivity contribution < 1.29 is 33.8 Å². The van der Waals surface area contributed by atoms with E-state index in [1.54, 1.807) is 0 Å². The Labute approximate surface area is 248 Å². The molecule has 0 radical (unpaired) electrons. The van der Waals surface area contributed by atoms with Crippen LogP contribution in [0.4, 0.5) is 5.13 Å². The average Bonchev–Trinajstić information content (AvgIpc) is 3.41. The first kappa shape index (κ1) is 31.0. The zero-order chi connectivity index (χ0) is 30.6. The van der Waals surface area contributed by atoms with Crippen molar-refractivity contribution in [1.29, 1.82) is 0 Å². The number of nitrogens with two attached hydrogens (primary N) is 1. The molecule has 2 aliphatic heterocycles. The van der Waals surface area contributed by atoms with E-state index in [4.69, 9.17) is 20.0 Å². The number of aromatic nitrogens is 4. The van der Waals surface area contributed by atoms with Crippen LogP contribution in [-0.4, -0.2) is 98.0 Å². The first-order chi connectivity index (χ1) is 20.1. The number of β-lactam (4-membered cyclic amide) rings is 1. The molecule has 0 aliphatic carbocycles. The number of allylic oxidation sites excluding steroid dienone is 1. The molecule has 2 aliphatic rings. The van der Waals surface area contributed by atoms with E-state index in [1.807, 2.05) is 0 Å². The number of aliphatic carboxylic acids is 1. The molecule has 1 saturated heterocycles. The highest BCUT2D eigenvalue weighted by atomic mass is 32.2. The molecule has 4 rings (SSSR count). The number of anilines is 1. The van der Waals surface area contributed by atoms with Crippen LogP contribution in [0.15, 0.2) is 48.0 Å². The van der Waals surface area contributed by atoms with E-state index >= 15 is 0 Å². The number of thioether (sulfide) groups is 2. The molecule has 0 bridgehead atoms. The van der Waals surface area contributed by atoms with E-state index in [2.05, 4.69) is 25.7 Å². The fourth-order valence-electron chi connectivity index (χ4n) is 3.91. The van der Waals surface area contributed by atoms with Crippen molar-refractivity contribution in [2.24, 2.45) is 5.16 Å². The molecule has 0 spiro atoms. The van der Waals surface area contributed by atoms with Gasteiger partial charge in [0.05, 0.1) is 6.54 Å². The summed E-state index contributed by atoms with van der Waals surface area (Å²) >= 11 is 3.27. The SMILES string of the molecule is CO/N=C(\C(=O)NC1C(=O)N2C(C(=O)O)=C(/C=C/Sc3n[nH]c(=O)c(=O)n3CC(OC)OC)CSC12)c1csc(N)n1. The number of nitrogens with zero attached hydrogens (tertiary/aromatic N) is 5. The topological polar surface area (TPSA) is 233 Å². The molecular weight excluding hydrogens is 616 g/mol. The van der Waals surface area contributed by atoms with Crippen molar-refractivity contribution in [3.63, 3.8) is 0 Å². The number of amides is 2. The normalized spacial score (nSPS) is 18.8. The third-order valence-corrected chi connectivity index (χ3v) is 8.64. The molecule has 42 heavy (non-hydrogen) atoms. The molecule has 20 heteroatoms. The molecule has 17 nitrogen and oxygen atoms in total. The fourth-order valence-corrected chi connectivity index (χ4v) is 6.51. The van der Waals surface area contributed by atoms with Gasteiger partial charge in [-0.25, -0.2) is 14.9 Å². The fraction of sp³-hybridized carbons (Fsp3) is 0.364. The third kappa shape index (κ3) is 6.26. The molecule has 224 valence electrons. The van der Waals surface area contributed by atoms with Crippen LogP contribution in [-0.2, 0) is 35.2 Å². The molecule has 2 amide bonds. The second kappa shape index (κ2) is 13.3. The van der Waals surface area contributed by atoms with E-state index < -0.39 is 46.6 Å². The molecule has 2 aromatic rings. The summed E-state index contributed by atoms with van der Waals surface area (Å²) in [7, 11) is 3.99. The molecular formula is C22H24N8O9S3. The first-order valence-electron chi connectivity index (χ1n) is 11.7. The largest absolute Gasteiger partial charge is 0.477 e. The van der Waals surface area contributed by atoms with Crippen molar-refractivity contribution >= 4 is 63.5 Å². The lowest BCUT2D eigenvalue weighted by molar-refractivity contribution is -0.150. The van der Waals surface area contributed by atoms with Gasteiger partial charge in [0.2, 0.25) is 0 Å². The number of nitrogen functional groups attached to an aromatic ring is 1. The van der Waals surface area contributed by atoms with Gasteiger partial charge in [0, 0.05) is 25.4 Å². The van der Waals surface area contributed by atoms with Crippen molar-refractivity contribution in [2.75, 3.05) is 32.8 Å². The highest BCUT2D eigenvalue weighted by Gasteiger charge is 2.54. The number of oxime groups is 1. The van der Waals surface area contributed by atoms with Crippen LogP contribution in [0.2, 0.25) is 0 Å². The summed E-state index contributed by atoms with van der Waals surface area (Å²) < 4.78 is 11.3. The maximum absolute atomic E-state index is 13.0. The monoisotopic (exact) mass is 640 g/mol. The van der Waals surface area contributed by atoms with Gasteiger partial charge >= 0.3 is 17.1 Å². The third-order valence-electron chi connectivity index (χ3n) is 5.87. The zero-order valence-electron chi connectivity index (χ0n) is 22.1. The van der Waals surface area contributed by atoms with Gasteiger partial charge < -0.3 is 30.5 Å². The van der Waals surface area contributed by atoms with Gasteiger partial charge in [-0.15, -0.1) is 28.2 Å². The number of hydrogen-bond acceptors (Lipinski definition) is 15. The minimum absolute atomic E-state index is 0.0898. The van der Waals surface area contributed by atoms with Crippen LogP contribution in [0.5, 0.6) is 0 Å². The van der Waals surface area contributed by atoms with E-state index in [-0.39, 0.29) is 39.7 Å². The number of fused-ring (bicyclic) bond motifs is 1. The number of carbonyl (C=O) groups is 3. The Morgan fingerprint density at radius 2 is 2.07 bits per heavy atom. The zero-order valence-corrected chi connectivity index (χ0v) is 24.6. The second-order valence-electron chi connectivity index (χ2n) is 8.31. The molecule has 2 atom stereocenters. The van der Waals surface area contributed by atoms with E-state index in [9.17, 15) is 29.1 Å². The Bertz CT molecular complexity index is 1590. The number of methoxy groups -OCH3 is 2. The van der Waals surface area contributed by atoms with Crippen molar-refractivity contribution in [3.05, 3.63) is 54.5 Å². The predicted molar refractivity (Wildman–Crippen MR) is 152 cm³/mol. The van der Waals surface area contributed by atoms with E-state index in [0.717, 1.165) is 32.6 Å². The summed E-state index contributed by atoms with van der Waals surface area (Å²) in [5, 5.41) is 24.8. The number of aromatic amines is 1. The van der Waals surface area contributed by atoms with E-state index in [0.29, 0.717) is 5.57 Å². The summed E-state index contributed by atoms with van der Waals surface area (Å²) in [6.07, 6.45) is 0.642. The van der Waals surface area contributed by atoms with Crippen LogP contribution in [0.25, 0.3) is 0 Å².